The smallest absolute Gasteiger partial charge is 0.408 e. The van der Waals surface area contributed by atoms with Crippen LogP contribution >= 0.6 is 0 Å². The van der Waals surface area contributed by atoms with E-state index in [0.717, 1.165) is 6.42 Å². The molecule has 1 amide bonds. The summed E-state index contributed by atoms with van der Waals surface area (Å²) in [5, 5.41) is 11.4. The molecule has 0 aromatic carbocycles. The van der Waals surface area contributed by atoms with Crippen molar-refractivity contribution in [1.29, 1.82) is 0 Å². The second-order valence-electron chi connectivity index (χ2n) is 5.13. The molecule has 5 nitrogen and oxygen atoms in total. The molecule has 0 aliphatic rings. The minimum absolute atomic E-state index is 0.357. The van der Waals surface area contributed by atoms with Gasteiger partial charge in [0.15, 0.2) is 0 Å². The molecule has 0 spiro atoms. The van der Waals surface area contributed by atoms with E-state index < -0.39 is 23.7 Å². The maximum absolute atomic E-state index is 11.5. The van der Waals surface area contributed by atoms with Crippen molar-refractivity contribution in [2.45, 2.75) is 51.7 Å². The highest BCUT2D eigenvalue weighted by Crippen LogP contribution is 2.08. The van der Waals surface area contributed by atoms with Crippen LogP contribution in [0.4, 0.5) is 4.79 Å². The number of carboxylic acids is 1. The predicted octanol–water partition coefficient (Wildman–Crippen LogP) is 2.88. The molecule has 0 radical (unpaired) electrons. The summed E-state index contributed by atoms with van der Waals surface area (Å²) in [5.74, 6) is -1.06. The Morgan fingerprint density at radius 3 is 2.53 bits per heavy atom. The van der Waals surface area contributed by atoms with Gasteiger partial charge < -0.3 is 15.2 Å². The van der Waals surface area contributed by atoms with Crippen molar-refractivity contribution in [1.82, 2.24) is 5.32 Å². The Bertz CT molecular complexity index is 342. The molecule has 19 heavy (non-hydrogen) atoms. The lowest BCUT2D eigenvalue weighted by Crippen LogP contribution is -2.43. The third-order valence-electron chi connectivity index (χ3n) is 2.12. The molecule has 0 aromatic heterocycles. The van der Waals surface area contributed by atoms with Crippen molar-refractivity contribution < 1.29 is 19.4 Å². The Balaban J connectivity index is 4.19. The number of nitrogens with one attached hydrogen (secondary N) is 1. The van der Waals surface area contributed by atoms with Gasteiger partial charge in [-0.05, 0) is 40.0 Å². The Morgan fingerprint density at radius 1 is 1.42 bits per heavy atom. The molecular formula is C14H23NO4. The van der Waals surface area contributed by atoms with E-state index in [9.17, 15) is 9.59 Å². The second kappa shape index (κ2) is 8.34. The Morgan fingerprint density at radius 2 is 2.05 bits per heavy atom. The van der Waals surface area contributed by atoms with Gasteiger partial charge >= 0.3 is 12.1 Å². The summed E-state index contributed by atoms with van der Waals surface area (Å²) in [7, 11) is 0. The average Bonchev–Trinajstić information content (AvgIpc) is 2.24. The van der Waals surface area contributed by atoms with Crippen LogP contribution in [-0.4, -0.2) is 28.8 Å². The first kappa shape index (κ1) is 17.2. The van der Waals surface area contributed by atoms with E-state index >= 15 is 0 Å². The number of aliphatic carboxylic acids is 1. The van der Waals surface area contributed by atoms with Crippen LogP contribution in [0.2, 0.25) is 0 Å². The standard InChI is InChI=1S/C14H23NO4/c1-5-6-7-8-9-10-11(12(16)17)15-13(18)19-14(2,3)4/h5-7,11H,1,8-10H2,2-4H3,(H,15,18)(H,16,17)/t11-/m0/s1. The molecule has 1 atom stereocenters. The minimum Gasteiger partial charge on any atom is -0.480 e. The van der Waals surface area contributed by atoms with Crippen LogP contribution in [0.15, 0.2) is 24.8 Å². The molecule has 0 heterocycles. The van der Waals surface area contributed by atoms with Crippen LogP contribution in [0.1, 0.15) is 40.0 Å². The lowest BCUT2D eigenvalue weighted by Gasteiger charge is -2.21. The molecule has 0 aliphatic heterocycles. The van der Waals surface area contributed by atoms with Gasteiger partial charge in [0.25, 0.3) is 0 Å². The quantitative estimate of drug-likeness (QED) is 0.550. The molecule has 0 aliphatic carbocycles. The maximum atomic E-state index is 11.5. The number of carboxylic acid groups (broad SMARTS) is 1. The predicted molar refractivity (Wildman–Crippen MR) is 74.0 cm³/mol. The average molecular weight is 269 g/mol. The number of alkyl carbamates (subject to hydrolysis) is 1. The molecule has 0 saturated carbocycles. The largest absolute Gasteiger partial charge is 0.480 e. The van der Waals surface area contributed by atoms with Crippen molar-refractivity contribution in [3.63, 3.8) is 0 Å². The zero-order valence-electron chi connectivity index (χ0n) is 11.8. The van der Waals surface area contributed by atoms with Crippen molar-refractivity contribution in [3.8, 4) is 0 Å². The number of carbonyl (C=O) groups excluding carboxylic acids is 1. The Kier molecular flexibility index (Phi) is 7.56. The molecule has 108 valence electrons. The van der Waals surface area contributed by atoms with E-state index in [1.807, 2.05) is 6.08 Å². The fourth-order valence-corrected chi connectivity index (χ4v) is 1.34. The third kappa shape index (κ3) is 9.88. The first-order chi connectivity index (χ1) is 8.76. The Labute approximate surface area is 114 Å². The van der Waals surface area contributed by atoms with Gasteiger partial charge in [-0.3, -0.25) is 0 Å². The molecule has 0 rings (SSSR count). The third-order valence-corrected chi connectivity index (χ3v) is 2.12. The van der Waals surface area contributed by atoms with Crippen LogP contribution in [0, 0.1) is 0 Å². The summed E-state index contributed by atoms with van der Waals surface area (Å²) in [4.78, 5) is 22.5. The SMILES string of the molecule is C=CC=CCCC[C@H](NC(=O)OC(C)(C)C)C(=O)O. The van der Waals surface area contributed by atoms with E-state index in [2.05, 4.69) is 11.9 Å². The van der Waals surface area contributed by atoms with Gasteiger partial charge in [0.1, 0.15) is 11.6 Å². The van der Waals surface area contributed by atoms with Crippen LogP contribution in [0.5, 0.6) is 0 Å². The number of hydrogen-bond donors (Lipinski definition) is 2. The lowest BCUT2D eigenvalue weighted by atomic mass is 10.1. The summed E-state index contributed by atoms with van der Waals surface area (Å²) < 4.78 is 5.02. The monoisotopic (exact) mass is 269 g/mol. The van der Waals surface area contributed by atoms with Crippen molar-refractivity contribution in [2.75, 3.05) is 0 Å². The van der Waals surface area contributed by atoms with Gasteiger partial charge in [-0.15, -0.1) is 0 Å². The van der Waals surface area contributed by atoms with Gasteiger partial charge in [-0.2, -0.15) is 0 Å². The topological polar surface area (TPSA) is 75.6 Å². The summed E-state index contributed by atoms with van der Waals surface area (Å²) in [6.45, 7) is 8.71. The number of ether oxygens (including phenoxy) is 1. The van der Waals surface area contributed by atoms with Crippen LogP contribution in [0.25, 0.3) is 0 Å². The van der Waals surface area contributed by atoms with Crippen LogP contribution in [-0.2, 0) is 9.53 Å². The molecule has 0 bridgehead atoms. The van der Waals surface area contributed by atoms with Gasteiger partial charge in [0.05, 0.1) is 0 Å². The van der Waals surface area contributed by atoms with Gasteiger partial charge in [0, 0.05) is 0 Å². The highest BCUT2D eigenvalue weighted by atomic mass is 16.6. The molecule has 5 heteroatoms. The number of amides is 1. The molecule has 0 aromatic rings. The summed E-state index contributed by atoms with van der Waals surface area (Å²) in [6, 6.07) is -0.924. The number of rotatable bonds is 7. The van der Waals surface area contributed by atoms with Crippen LogP contribution < -0.4 is 5.32 Å². The van der Waals surface area contributed by atoms with E-state index in [-0.39, 0.29) is 0 Å². The van der Waals surface area contributed by atoms with Gasteiger partial charge in [0.2, 0.25) is 0 Å². The fraction of sp³-hybridized carbons (Fsp3) is 0.571. The van der Waals surface area contributed by atoms with E-state index in [1.54, 1.807) is 32.9 Å². The first-order valence-corrected chi connectivity index (χ1v) is 6.26. The number of allylic oxidation sites excluding steroid dienone is 3. The summed E-state index contributed by atoms with van der Waals surface area (Å²) in [6.07, 6.45) is 6.42. The molecule has 0 fully saturated rings. The molecule has 2 N–H and O–H groups in total. The summed E-state index contributed by atoms with van der Waals surface area (Å²) in [5.41, 5.74) is -0.639. The van der Waals surface area contributed by atoms with E-state index in [1.165, 1.54) is 0 Å². The van der Waals surface area contributed by atoms with Crippen molar-refractivity contribution >= 4 is 12.1 Å². The highest BCUT2D eigenvalue weighted by molar-refractivity contribution is 5.79. The molecular weight excluding hydrogens is 246 g/mol. The first-order valence-electron chi connectivity index (χ1n) is 6.26. The number of carbonyl (C=O) groups is 2. The van der Waals surface area contributed by atoms with Gasteiger partial charge in [-0.25, -0.2) is 9.59 Å². The Hall–Kier alpha value is -1.78. The number of unbranched alkanes of at least 4 members (excludes halogenated alkanes) is 1. The van der Waals surface area contributed by atoms with E-state index in [0.29, 0.717) is 12.8 Å². The van der Waals surface area contributed by atoms with Crippen molar-refractivity contribution in [3.05, 3.63) is 24.8 Å². The normalized spacial score (nSPS) is 13.0. The summed E-state index contributed by atoms with van der Waals surface area (Å²) >= 11 is 0. The van der Waals surface area contributed by atoms with Crippen molar-refractivity contribution in [2.24, 2.45) is 0 Å². The lowest BCUT2D eigenvalue weighted by molar-refractivity contribution is -0.139. The minimum atomic E-state index is -1.06. The number of hydrogen-bond acceptors (Lipinski definition) is 3. The fourth-order valence-electron chi connectivity index (χ4n) is 1.34. The molecule has 0 unspecified atom stereocenters. The maximum Gasteiger partial charge on any atom is 0.408 e. The molecule has 0 saturated heterocycles. The van der Waals surface area contributed by atoms with Gasteiger partial charge in [-0.1, -0.05) is 24.8 Å². The zero-order chi connectivity index (χ0) is 14.9. The second-order valence-corrected chi connectivity index (χ2v) is 5.13. The highest BCUT2D eigenvalue weighted by Gasteiger charge is 2.23. The van der Waals surface area contributed by atoms with Crippen LogP contribution in [0.3, 0.4) is 0 Å². The van der Waals surface area contributed by atoms with E-state index in [4.69, 9.17) is 9.84 Å². The zero-order valence-corrected chi connectivity index (χ0v) is 11.8.